The summed E-state index contributed by atoms with van der Waals surface area (Å²) in [5, 5.41) is 0. The van der Waals surface area contributed by atoms with Crippen LogP contribution in [0.5, 0.6) is 11.5 Å². The smallest absolute Gasteiger partial charge is 0.418 e. The fourth-order valence-electron chi connectivity index (χ4n) is 2.62. The summed E-state index contributed by atoms with van der Waals surface area (Å²) in [6.07, 6.45) is -3.03. The highest BCUT2D eigenvalue weighted by Gasteiger charge is 2.44. The lowest BCUT2D eigenvalue weighted by Crippen LogP contribution is -2.33. The van der Waals surface area contributed by atoms with Crippen LogP contribution in [0.1, 0.15) is 18.4 Å². The Morgan fingerprint density at radius 2 is 1.88 bits per heavy atom. The molecule has 0 unspecified atom stereocenters. The van der Waals surface area contributed by atoms with E-state index in [0.717, 1.165) is 22.5 Å². The summed E-state index contributed by atoms with van der Waals surface area (Å²) < 4.78 is 84.6. The van der Waals surface area contributed by atoms with Crippen LogP contribution in [-0.2, 0) is 16.2 Å². The summed E-state index contributed by atoms with van der Waals surface area (Å²) in [5.74, 6) is -1.61. The first kappa shape index (κ1) is 16.1. The van der Waals surface area contributed by atoms with Gasteiger partial charge >= 0.3 is 6.18 Å². The molecule has 4 rings (SSSR count). The molecular weight excluding hydrogens is 364 g/mol. The van der Waals surface area contributed by atoms with Crippen LogP contribution < -0.4 is 9.04 Å². The third kappa shape index (κ3) is 2.60. The van der Waals surface area contributed by atoms with Crippen molar-refractivity contribution in [1.82, 2.24) is 4.98 Å². The van der Waals surface area contributed by atoms with Gasteiger partial charge in [0, 0.05) is 12.2 Å². The van der Waals surface area contributed by atoms with Crippen LogP contribution >= 0.6 is 0 Å². The van der Waals surface area contributed by atoms with Crippen molar-refractivity contribution >= 4 is 15.8 Å². The molecule has 5 nitrogen and oxygen atoms in total. The zero-order valence-electron chi connectivity index (χ0n) is 12.4. The maximum atomic E-state index is 13.6. The third-order valence-corrected chi connectivity index (χ3v) is 5.77. The predicted octanol–water partition coefficient (Wildman–Crippen LogP) is 3.70. The van der Waals surface area contributed by atoms with Crippen molar-refractivity contribution in [3.8, 4) is 11.5 Å². The SMILES string of the molecule is O=S1(=O)c2cc(F)ccc2Oc2cc(C(F)(F)F)cnc2N1C1CC1. The summed E-state index contributed by atoms with van der Waals surface area (Å²) in [6, 6.07) is 3.10. The number of pyridine rings is 1. The fraction of sp³-hybridized carbons (Fsp3) is 0.267. The van der Waals surface area contributed by atoms with Crippen molar-refractivity contribution in [2.45, 2.75) is 30.0 Å². The van der Waals surface area contributed by atoms with Crippen LogP contribution in [0.4, 0.5) is 23.4 Å². The van der Waals surface area contributed by atoms with Gasteiger partial charge in [0.15, 0.2) is 11.6 Å². The number of fused-ring (bicyclic) bond motifs is 2. The van der Waals surface area contributed by atoms with Crippen LogP contribution in [0.25, 0.3) is 0 Å². The fourth-order valence-corrected chi connectivity index (χ4v) is 4.42. The lowest BCUT2D eigenvalue weighted by atomic mass is 10.2. The number of sulfonamides is 1. The molecule has 0 N–H and O–H groups in total. The maximum absolute atomic E-state index is 13.6. The van der Waals surface area contributed by atoms with Gasteiger partial charge in [-0.15, -0.1) is 0 Å². The molecule has 0 bridgehead atoms. The Hall–Kier alpha value is -2.36. The van der Waals surface area contributed by atoms with Crippen LogP contribution in [0.3, 0.4) is 0 Å². The number of rotatable bonds is 1. The van der Waals surface area contributed by atoms with Gasteiger partial charge in [-0.05, 0) is 37.1 Å². The Kier molecular flexibility index (Phi) is 3.27. The molecule has 2 heterocycles. The molecule has 1 aliphatic heterocycles. The lowest BCUT2D eigenvalue weighted by Gasteiger charge is -2.22. The highest BCUT2D eigenvalue weighted by molar-refractivity contribution is 7.93. The number of ether oxygens (including phenoxy) is 1. The summed E-state index contributed by atoms with van der Waals surface area (Å²) in [4.78, 5) is 3.26. The second-order valence-electron chi connectivity index (χ2n) is 5.77. The number of nitrogens with zero attached hydrogens (tertiary/aromatic N) is 2. The zero-order valence-corrected chi connectivity index (χ0v) is 13.2. The molecule has 2 aromatic rings. The van der Waals surface area contributed by atoms with E-state index < -0.39 is 38.5 Å². The highest BCUT2D eigenvalue weighted by atomic mass is 32.2. The minimum atomic E-state index is -4.66. The number of hydrogen-bond donors (Lipinski definition) is 0. The molecule has 0 spiro atoms. The molecule has 1 fully saturated rings. The summed E-state index contributed by atoms with van der Waals surface area (Å²) in [5.41, 5.74) is -1.06. The molecule has 0 radical (unpaired) electrons. The van der Waals surface area contributed by atoms with E-state index in [2.05, 4.69) is 4.98 Å². The minimum absolute atomic E-state index is 0.230. The van der Waals surface area contributed by atoms with Crippen molar-refractivity contribution in [2.24, 2.45) is 0 Å². The molecule has 1 aliphatic carbocycles. The van der Waals surface area contributed by atoms with Gasteiger partial charge in [-0.25, -0.2) is 22.1 Å². The lowest BCUT2D eigenvalue weighted by molar-refractivity contribution is -0.137. The molecule has 1 aromatic carbocycles. The van der Waals surface area contributed by atoms with Crippen molar-refractivity contribution < 1.29 is 30.7 Å². The van der Waals surface area contributed by atoms with Gasteiger partial charge < -0.3 is 4.74 Å². The molecule has 0 saturated heterocycles. The van der Waals surface area contributed by atoms with Crippen molar-refractivity contribution in [2.75, 3.05) is 4.31 Å². The average Bonchev–Trinajstić information content (AvgIpc) is 3.33. The van der Waals surface area contributed by atoms with Gasteiger partial charge in [0.2, 0.25) is 0 Å². The Morgan fingerprint density at radius 1 is 1.16 bits per heavy atom. The standard InChI is InChI=1S/C15H10F4N2O3S/c16-9-1-4-11-13(6-9)25(22,23)21(10-2-3-10)14-12(24-11)5-8(7-20-14)15(17,18)19/h1,4-7,10H,2-3H2. The van der Waals surface area contributed by atoms with E-state index in [1.807, 2.05) is 0 Å². The normalized spacial score (nSPS) is 18.8. The van der Waals surface area contributed by atoms with Crippen molar-refractivity contribution in [3.63, 3.8) is 0 Å². The minimum Gasteiger partial charge on any atom is -0.452 e. The molecule has 0 amide bonds. The van der Waals surface area contributed by atoms with Gasteiger partial charge in [0.1, 0.15) is 16.5 Å². The molecular formula is C15H10F4N2O3S. The van der Waals surface area contributed by atoms with Crippen LogP contribution in [0.15, 0.2) is 35.4 Å². The number of benzene rings is 1. The van der Waals surface area contributed by atoms with E-state index in [0.29, 0.717) is 25.1 Å². The average molecular weight is 374 g/mol. The molecule has 1 saturated carbocycles. The predicted molar refractivity (Wildman–Crippen MR) is 78.4 cm³/mol. The van der Waals surface area contributed by atoms with Crippen molar-refractivity contribution in [3.05, 3.63) is 41.8 Å². The Labute approximate surface area is 139 Å². The Bertz CT molecular complexity index is 971. The maximum Gasteiger partial charge on any atom is 0.418 e. The van der Waals surface area contributed by atoms with Gasteiger partial charge in [0.05, 0.1) is 5.56 Å². The zero-order chi connectivity index (χ0) is 18.0. The molecule has 25 heavy (non-hydrogen) atoms. The number of hydrogen-bond acceptors (Lipinski definition) is 4. The highest BCUT2D eigenvalue weighted by Crippen LogP contribution is 2.47. The summed E-state index contributed by atoms with van der Waals surface area (Å²) >= 11 is 0. The Balaban J connectivity index is 1.98. The second-order valence-corrected chi connectivity index (χ2v) is 7.55. The van der Waals surface area contributed by atoms with E-state index in [1.54, 1.807) is 0 Å². The monoisotopic (exact) mass is 374 g/mol. The van der Waals surface area contributed by atoms with Crippen LogP contribution in [0.2, 0.25) is 0 Å². The number of halogens is 4. The molecule has 0 atom stereocenters. The number of anilines is 1. The van der Waals surface area contributed by atoms with Gasteiger partial charge in [-0.2, -0.15) is 13.2 Å². The first-order valence-electron chi connectivity index (χ1n) is 7.27. The topological polar surface area (TPSA) is 59.5 Å². The quantitative estimate of drug-likeness (QED) is 0.714. The van der Waals surface area contributed by atoms with Crippen LogP contribution in [0, 0.1) is 5.82 Å². The van der Waals surface area contributed by atoms with Crippen molar-refractivity contribution in [1.29, 1.82) is 0 Å². The summed E-state index contributed by atoms with van der Waals surface area (Å²) in [6.45, 7) is 0. The summed E-state index contributed by atoms with van der Waals surface area (Å²) in [7, 11) is -4.22. The van der Waals surface area contributed by atoms with E-state index in [9.17, 15) is 26.0 Å². The molecule has 2 aliphatic rings. The first-order valence-corrected chi connectivity index (χ1v) is 8.71. The third-order valence-electron chi connectivity index (χ3n) is 3.91. The number of aromatic nitrogens is 1. The largest absolute Gasteiger partial charge is 0.452 e. The second kappa shape index (κ2) is 5.07. The number of alkyl halides is 3. The van der Waals surface area contributed by atoms with E-state index >= 15 is 0 Å². The first-order chi connectivity index (χ1) is 11.7. The van der Waals surface area contributed by atoms with Gasteiger partial charge in [-0.3, -0.25) is 0 Å². The van der Waals surface area contributed by atoms with Crippen LogP contribution in [-0.4, -0.2) is 19.4 Å². The van der Waals surface area contributed by atoms with Gasteiger partial charge in [-0.1, -0.05) is 0 Å². The van der Waals surface area contributed by atoms with E-state index in [-0.39, 0.29) is 17.3 Å². The Morgan fingerprint density at radius 3 is 2.52 bits per heavy atom. The molecule has 132 valence electrons. The van der Waals surface area contributed by atoms with Gasteiger partial charge in [0.25, 0.3) is 10.0 Å². The van der Waals surface area contributed by atoms with E-state index in [4.69, 9.17) is 4.74 Å². The molecule has 10 heteroatoms. The molecule has 1 aromatic heterocycles. The van der Waals surface area contributed by atoms with E-state index in [1.165, 1.54) is 0 Å².